The summed E-state index contributed by atoms with van der Waals surface area (Å²) >= 11 is 0. The summed E-state index contributed by atoms with van der Waals surface area (Å²) in [4.78, 5) is 17.2. The zero-order valence-corrected chi connectivity index (χ0v) is 18.8. The average Bonchev–Trinajstić information content (AvgIpc) is 3.20. The first-order valence-corrected chi connectivity index (χ1v) is 11.8. The number of benzene rings is 2. The Hall–Kier alpha value is -3.20. The first-order valence-electron chi connectivity index (χ1n) is 9.92. The molecule has 0 bridgehead atoms. The number of hydrogen-bond acceptors (Lipinski definition) is 6. The molecule has 1 atom stereocenters. The van der Waals surface area contributed by atoms with E-state index in [1.165, 1.54) is 0 Å². The van der Waals surface area contributed by atoms with Crippen molar-refractivity contribution >= 4 is 21.6 Å². The Morgan fingerprint density at radius 3 is 2.19 bits per heavy atom. The minimum absolute atomic E-state index is 0.000303. The summed E-state index contributed by atoms with van der Waals surface area (Å²) in [6.07, 6.45) is 1.39. The molecular formula is C22H26N4O4S. The van der Waals surface area contributed by atoms with Gasteiger partial charge in [0, 0.05) is 5.56 Å². The van der Waals surface area contributed by atoms with Crippen LogP contribution >= 0.6 is 0 Å². The van der Waals surface area contributed by atoms with E-state index in [9.17, 15) is 13.2 Å². The van der Waals surface area contributed by atoms with E-state index in [0.717, 1.165) is 27.3 Å². The van der Waals surface area contributed by atoms with E-state index < -0.39 is 22.0 Å². The fourth-order valence-corrected chi connectivity index (χ4v) is 4.39. The van der Waals surface area contributed by atoms with E-state index in [0.29, 0.717) is 17.9 Å². The van der Waals surface area contributed by atoms with Gasteiger partial charge in [0.25, 0.3) is 0 Å². The van der Waals surface area contributed by atoms with Gasteiger partial charge in [0.2, 0.25) is 27.6 Å². The molecule has 0 saturated heterocycles. The molecule has 164 valence electrons. The van der Waals surface area contributed by atoms with Crippen molar-refractivity contribution in [1.29, 1.82) is 0 Å². The van der Waals surface area contributed by atoms with Crippen molar-refractivity contribution in [2.24, 2.45) is 0 Å². The van der Waals surface area contributed by atoms with Gasteiger partial charge in [-0.2, -0.15) is 4.98 Å². The summed E-state index contributed by atoms with van der Waals surface area (Å²) in [6.45, 7) is 5.66. The van der Waals surface area contributed by atoms with Gasteiger partial charge in [-0.15, -0.1) is 0 Å². The highest BCUT2D eigenvalue weighted by atomic mass is 32.2. The van der Waals surface area contributed by atoms with E-state index in [-0.39, 0.29) is 12.4 Å². The minimum Gasteiger partial charge on any atom is -0.345 e. The van der Waals surface area contributed by atoms with Crippen molar-refractivity contribution in [3.05, 3.63) is 65.5 Å². The van der Waals surface area contributed by atoms with Crippen LogP contribution in [0.4, 0.5) is 5.69 Å². The van der Waals surface area contributed by atoms with Crippen molar-refractivity contribution in [3.8, 4) is 11.4 Å². The van der Waals surface area contributed by atoms with Crippen LogP contribution < -0.4 is 9.62 Å². The summed E-state index contributed by atoms with van der Waals surface area (Å²) in [5.41, 5.74) is 3.36. The van der Waals surface area contributed by atoms with Crippen LogP contribution in [-0.4, -0.2) is 36.8 Å². The smallest absolute Gasteiger partial charge is 0.246 e. The maximum Gasteiger partial charge on any atom is 0.246 e. The molecule has 0 radical (unpaired) electrons. The van der Waals surface area contributed by atoms with Gasteiger partial charge < -0.3 is 9.84 Å². The zero-order chi connectivity index (χ0) is 22.6. The molecule has 0 fully saturated rings. The van der Waals surface area contributed by atoms with Crippen molar-refractivity contribution in [2.75, 3.05) is 10.6 Å². The predicted octanol–water partition coefficient (Wildman–Crippen LogP) is 3.21. The van der Waals surface area contributed by atoms with E-state index in [2.05, 4.69) is 15.5 Å². The lowest BCUT2D eigenvalue weighted by Gasteiger charge is -2.30. The van der Waals surface area contributed by atoms with E-state index in [1.54, 1.807) is 19.1 Å². The lowest BCUT2D eigenvalue weighted by atomic mass is 10.1. The molecule has 1 N–H and O–H groups in total. The lowest BCUT2D eigenvalue weighted by molar-refractivity contribution is -0.122. The third-order valence-corrected chi connectivity index (χ3v) is 5.99. The zero-order valence-electron chi connectivity index (χ0n) is 18.0. The molecule has 0 spiro atoms. The van der Waals surface area contributed by atoms with Crippen LogP contribution in [0.1, 0.15) is 30.4 Å². The van der Waals surface area contributed by atoms with Crippen molar-refractivity contribution < 1.29 is 17.7 Å². The molecule has 0 unspecified atom stereocenters. The minimum atomic E-state index is -3.68. The van der Waals surface area contributed by atoms with Crippen molar-refractivity contribution in [3.63, 3.8) is 0 Å². The van der Waals surface area contributed by atoms with Crippen LogP contribution in [0.15, 0.2) is 53.1 Å². The number of rotatable bonds is 8. The fraction of sp³-hybridized carbons (Fsp3) is 0.318. The Balaban J connectivity index is 1.74. The molecule has 31 heavy (non-hydrogen) atoms. The lowest BCUT2D eigenvalue weighted by Crippen LogP contribution is -2.49. The number of nitrogens with one attached hydrogen (secondary N) is 1. The fourth-order valence-electron chi connectivity index (χ4n) is 3.18. The average molecular weight is 443 g/mol. The first kappa shape index (κ1) is 22.5. The van der Waals surface area contributed by atoms with Crippen LogP contribution in [0.25, 0.3) is 11.4 Å². The monoisotopic (exact) mass is 442 g/mol. The van der Waals surface area contributed by atoms with Gasteiger partial charge in [0.15, 0.2) is 0 Å². The second-order valence-electron chi connectivity index (χ2n) is 7.41. The van der Waals surface area contributed by atoms with Gasteiger partial charge in [-0.25, -0.2) is 8.42 Å². The largest absolute Gasteiger partial charge is 0.345 e. The van der Waals surface area contributed by atoms with E-state index in [1.807, 2.05) is 50.2 Å². The van der Waals surface area contributed by atoms with Gasteiger partial charge in [-0.3, -0.25) is 9.10 Å². The third kappa shape index (κ3) is 5.49. The Labute approximate surface area is 182 Å². The number of aromatic nitrogens is 2. The molecule has 1 aromatic heterocycles. The highest BCUT2D eigenvalue weighted by Crippen LogP contribution is 2.23. The van der Waals surface area contributed by atoms with Crippen LogP contribution in [-0.2, 0) is 21.4 Å². The number of hydrogen-bond donors (Lipinski definition) is 1. The molecule has 1 heterocycles. The van der Waals surface area contributed by atoms with E-state index >= 15 is 0 Å². The molecule has 8 nitrogen and oxygen atoms in total. The number of carbonyl (C=O) groups excluding carboxylic acids is 1. The number of sulfonamides is 1. The molecule has 3 rings (SSSR count). The standard InChI is InChI=1S/C22H26N4O4S/c1-5-19(26(31(4,28)29)18-12-8-16(3)9-13-18)22(27)23-14-20-24-21(25-30-20)17-10-6-15(2)7-11-17/h6-13,19H,5,14H2,1-4H3,(H,23,27)/t19-/m1/s1. The van der Waals surface area contributed by atoms with Gasteiger partial charge in [0.1, 0.15) is 6.04 Å². The summed E-state index contributed by atoms with van der Waals surface area (Å²) < 4.78 is 31.3. The molecule has 9 heteroatoms. The molecular weight excluding hydrogens is 416 g/mol. The Morgan fingerprint density at radius 2 is 1.65 bits per heavy atom. The molecule has 0 aliphatic carbocycles. The van der Waals surface area contributed by atoms with Gasteiger partial charge >= 0.3 is 0 Å². The van der Waals surface area contributed by atoms with Crippen molar-refractivity contribution in [2.45, 2.75) is 39.8 Å². The topological polar surface area (TPSA) is 105 Å². The second-order valence-corrected chi connectivity index (χ2v) is 9.27. The number of aryl methyl sites for hydroxylation is 2. The van der Waals surface area contributed by atoms with E-state index in [4.69, 9.17) is 4.52 Å². The first-order chi connectivity index (χ1) is 14.7. The number of carbonyl (C=O) groups is 1. The quantitative estimate of drug-likeness (QED) is 0.574. The molecule has 2 aromatic carbocycles. The predicted molar refractivity (Wildman–Crippen MR) is 119 cm³/mol. The third-order valence-electron chi connectivity index (χ3n) is 4.81. The maximum atomic E-state index is 12.9. The van der Waals surface area contributed by atoms with Gasteiger partial charge in [-0.05, 0) is 32.4 Å². The van der Waals surface area contributed by atoms with Crippen molar-refractivity contribution in [1.82, 2.24) is 15.5 Å². The molecule has 0 aliphatic rings. The SMILES string of the molecule is CC[C@H](C(=O)NCc1nc(-c2ccc(C)cc2)no1)N(c1ccc(C)cc1)S(C)(=O)=O. The normalized spacial score (nSPS) is 12.4. The van der Waals surface area contributed by atoms with Crippen LogP contribution in [0.5, 0.6) is 0 Å². The van der Waals surface area contributed by atoms with Crippen LogP contribution in [0, 0.1) is 13.8 Å². The van der Waals surface area contributed by atoms with Crippen LogP contribution in [0.2, 0.25) is 0 Å². The maximum absolute atomic E-state index is 12.9. The molecule has 0 saturated carbocycles. The molecule has 3 aromatic rings. The summed E-state index contributed by atoms with van der Waals surface area (Å²) in [7, 11) is -3.68. The van der Waals surface area contributed by atoms with Gasteiger partial charge in [-0.1, -0.05) is 59.6 Å². The highest BCUT2D eigenvalue weighted by molar-refractivity contribution is 7.92. The summed E-state index contributed by atoms with van der Waals surface area (Å²) in [5.74, 6) is 0.220. The van der Waals surface area contributed by atoms with Gasteiger partial charge in [0.05, 0.1) is 18.5 Å². The Kier molecular flexibility index (Phi) is 6.74. The number of nitrogens with zero attached hydrogens (tertiary/aromatic N) is 3. The van der Waals surface area contributed by atoms with Crippen LogP contribution in [0.3, 0.4) is 0 Å². The Morgan fingerprint density at radius 1 is 1.06 bits per heavy atom. The summed E-state index contributed by atoms with van der Waals surface area (Å²) in [6, 6.07) is 13.8. The summed E-state index contributed by atoms with van der Waals surface area (Å²) in [5, 5.41) is 6.66. The highest BCUT2D eigenvalue weighted by Gasteiger charge is 2.31. The second kappa shape index (κ2) is 9.30. The molecule has 0 aliphatic heterocycles. The molecule has 1 amide bonds. The number of amides is 1. The number of anilines is 1. The Bertz CT molecular complexity index is 1140.